The van der Waals surface area contributed by atoms with Gasteiger partial charge in [-0.3, -0.25) is 14.2 Å². The van der Waals surface area contributed by atoms with Crippen LogP contribution in [0.4, 0.5) is 5.00 Å². The predicted molar refractivity (Wildman–Crippen MR) is 125 cm³/mol. The summed E-state index contributed by atoms with van der Waals surface area (Å²) >= 11 is 4.51. The molecule has 5 rings (SSSR count). The van der Waals surface area contributed by atoms with Crippen molar-refractivity contribution in [3.05, 3.63) is 33.5 Å². The average molecular weight is 474 g/mol. The van der Waals surface area contributed by atoms with Gasteiger partial charge in [0.2, 0.25) is 5.91 Å². The molecular formula is C21H23N5O2S3. The number of nitrogens with one attached hydrogen (secondary N) is 1. The summed E-state index contributed by atoms with van der Waals surface area (Å²) in [5, 5.41) is 15.0. The van der Waals surface area contributed by atoms with Crippen molar-refractivity contribution in [2.24, 2.45) is 11.7 Å². The lowest BCUT2D eigenvalue weighted by atomic mass is 9.88. The number of primary amides is 1. The van der Waals surface area contributed by atoms with E-state index in [4.69, 9.17) is 5.73 Å². The number of fused-ring (bicyclic) bond motifs is 1. The Hall–Kier alpha value is -2.17. The van der Waals surface area contributed by atoms with Gasteiger partial charge in [0.05, 0.1) is 16.2 Å². The van der Waals surface area contributed by atoms with Crippen LogP contribution in [0.25, 0.3) is 10.7 Å². The zero-order valence-corrected chi connectivity index (χ0v) is 19.5. The van der Waals surface area contributed by atoms with Gasteiger partial charge in [0, 0.05) is 10.9 Å². The van der Waals surface area contributed by atoms with Gasteiger partial charge < -0.3 is 11.1 Å². The molecule has 162 valence electrons. The Balaban J connectivity index is 1.31. The lowest BCUT2D eigenvalue weighted by Gasteiger charge is -2.18. The SMILES string of the molecule is C[C@H]1CCc2c(sc(NC(=O)CSc3nnc(-c4cccs4)n3C3CC3)c2C(N)=O)C1. The van der Waals surface area contributed by atoms with Crippen molar-refractivity contribution >= 4 is 51.3 Å². The quantitative estimate of drug-likeness (QED) is 0.497. The molecule has 1 atom stereocenters. The normalized spacial score (nSPS) is 18.0. The minimum absolute atomic E-state index is 0.165. The van der Waals surface area contributed by atoms with Crippen LogP contribution in [0.3, 0.4) is 0 Å². The monoisotopic (exact) mass is 473 g/mol. The molecule has 0 aliphatic heterocycles. The van der Waals surface area contributed by atoms with Crippen LogP contribution in [0.1, 0.15) is 53.0 Å². The summed E-state index contributed by atoms with van der Waals surface area (Å²) in [7, 11) is 0. The van der Waals surface area contributed by atoms with E-state index in [0.29, 0.717) is 22.5 Å². The summed E-state index contributed by atoms with van der Waals surface area (Å²) in [6.45, 7) is 2.21. The van der Waals surface area contributed by atoms with Gasteiger partial charge in [-0.1, -0.05) is 24.8 Å². The first kappa shape index (κ1) is 20.7. The maximum absolute atomic E-state index is 12.7. The van der Waals surface area contributed by atoms with Gasteiger partial charge in [-0.25, -0.2) is 0 Å². The molecule has 0 bridgehead atoms. The van der Waals surface area contributed by atoms with Crippen LogP contribution in [-0.2, 0) is 17.6 Å². The number of aromatic nitrogens is 3. The van der Waals surface area contributed by atoms with E-state index in [-0.39, 0.29) is 11.7 Å². The highest BCUT2D eigenvalue weighted by Gasteiger charge is 2.31. The van der Waals surface area contributed by atoms with E-state index in [1.165, 1.54) is 28.0 Å². The van der Waals surface area contributed by atoms with Crippen molar-refractivity contribution in [3.8, 4) is 10.7 Å². The Morgan fingerprint density at radius 2 is 2.16 bits per heavy atom. The third kappa shape index (κ3) is 4.16. The summed E-state index contributed by atoms with van der Waals surface area (Å²) in [5.41, 5.74) is 7.17. The topological polar surface area (TPSA) is 103 Å². The van der Waals surface area contributed by atoms with Crippen molar-refractivity contribution < 1.29 is 9.59 Å². The number of amides is 2. The first-order valence-corrected chi connectivity index (χ1v) is 13.0. The Morgan fingerprint density at radius 3 is 2.87 bits per heavy atom. The molecule has 0 spiro atoms. The summed E-state index contributed by atoms with van der Waals surface area (Å²) in [6.07, 6.45) is 5.03. The summed E-state index contributed by atoms with van der Waals surface area (Å²) in [5.74, 6) is 1.02. The summed E-state index contributed by atoms with van der Waals surface area (Å²) in [6, 6.07) is 4.45. The van der Waals surface area contributed by atoms with Gasteiger partial charge in [0.15, 0.2) is 11.0 Å². The maximum Gasteiger partial charge on any atom is 0.251 e. The Labute approximate surface area is 192 Å². The number of nitrogens with zero attached hydrogens (tertiary/aromatic N) is 3. The van der Waals surface area contributed by atoms with Gasteiger partial charge >= 0.3 is 0 Å². The van der Waals surface area contributed by atoms with Crippen molar-refractivity contribution in [1.29, 1.82) is 0 Å². The predicted octanol–water partition coefficient (Wildman–Crippen LogP) is 4.36. The fourth-order valence-corrected chi connectivity index (χ4v) is 6.95. The van der Waals surface area contributed by atoms with Crippen LogP contribution < -0.4 is 11.1 Å². The molecule has 1 saturated carbocycles. The second-order valence-electron chi connectivity index (χ2n) is 8.14. The lowest BCUT2D eigenvalue weighted by molar-refractivity contribution is -0.113. The minimum Gasteiger partial charge on any atom is -0.365 e. The average Bonchev–Trinajstić information content (AvgIpc) is 3.14. The van der Waals surface area contributed by atoms with E-state index < -0.39 is 5.91 Å². The van der Waals surface area contributed by atoms with Gasteiger partial charge in [-0.05, 0) is 55.0 Å². The van der Waals surface area contributed by atoms with Gasteiger partial charge in [0.25, 0.3) is 5.91 Å². The second-order valence-corrected chi connectivity index (χ2v) is 11.1. The molecule has 2 aliphatic carbocycles. The van der Waals surface area contributed by atoms with Crippen LogP contribution in [0.15, 0.2) is 22.7 Å². The van der Waals surface area contributed by atoms with Crippen LogP contribution in [-0.4, -0.2) is 32.3 Å². The van der Waals surface area contributed by atoms with E-state index in [0.717, 1.165) is 53.5 Å². The van der Waals surface area contributed by atoms with E-state index in [1.54, 1.807) is 11.3 Å². The molecular weight excluding hydrogens is 450 g/mol. The number of hydrogen-bond acceptors (Lipinski definition) is 7. The highest BCUT2D eigenvalue weighted by atomic mass is 32.2. The Morgan fingerprint density at radius 1 is 1.32 bits per heavy atom. The van der Waals surface area contributed by atoms with Crippen LogP contribution in [0.2, 0.25) is 0 Å². The molecule has 10 heteroatoms. The molecule has 31 heavy (non-hydrogen) atoms. The molecule has 7 nitrogen and oxygen atoms in total. The molecule has 0 aromatic carbocycles. The van der Waals surface area contributed by atoms with E-state index >= 15 is 0 Å². The molecule has 0 radical (unpaired) electrons. The highest BCUT2D eigenvalue weighted by molar-refractivity contribution is 7.99. The van der Waals surface area contributed by atoms with Crippen LogP contribution >= 0.6 is 34.4 Å². The van der Waals surface area contributed by atoms with Gasteiger partial charge in [0.1, 0.15) is 5.00 Å². The Kier molecular flexibility index (Phi) is 5.61. The lowest BCUT2D eigenvalue weighted by Crippen LogP contribution is -2.20. The zero-order chi connectivity index (χ0) is 21.5. The fraction of sp³-hybridized carbons (Fsp3) is 0.429. The fourth-order valence-electron chi connectivity index (χ4n) is 4.00. The van der Waals surface area contributed by atoms with Crippen LogP contribution in [0, 0.1) is 5.92 Å². The first-order valence-electron chi connectivity index (χ1n) is 10.4. The molecule has 3 aromatic rings. The number of anilines is 1. The number of thioether (sulfide) groups is 1. The number of carbonyl (C=O) groups excluding carboxylic acids is 2. The van der Waals surface area contributed by atoms with E-state index in [2.05, 4.69) is 27.0 Å². The van der Waals surface area contributed by atoms with Crippen molar-refractivity contribution in [1.82, 2.24) is 14.8 Å². The molecule has 0 unspecified atom stereocenters. The minimum atomic E-state index is -0.468. The molecule has 0 saturated heterocycles. The number of nitrogens with two attached hydrogens (primary N) is 1. The summed E-state index contributed by atoms with van der Waals surface area (Å²) < 4.78 is 2.16. The molecule has 3 aromatic heterocycles. The van der Waals surface area contributed by atoms with Crippen molar-refractivity contribution in [2.75, 3.05) is 11.1 Å². The number of carbonyl (C=O) groups is 2. The molecule has 1 fully saturated rings. The van der Waals surface area contributed by atoms with Gasteiger partial charge in [-0.15, -0.1) is 32.9 Å². The number of hydrogen-bond donors (Lipinski definition) is 2. The summed E-state index contributed by atoms with van der Waals surface area (Å²) in [4.78, 5) is 27.1. The van der Waals surface area contributed by atoms with Crippen LogP contribution in [0.5, 0.6) is 0 Å². The molecule has 2 aliphatic rings. The Bertz CT molecular complexity index is 1130. The second kappa shape index (κ2) is 8.40. The van der Waals surface area contributed by atoms with Gasteiger partial charge in [-0.2, -0.15) is 0 Å². The molecule has 3 N–H and O–H groups in total. The number of rotatable bonds is 7. The van der Waals surface area contributed by atoms with E-state index in [1.807, 2.05) is 17.5 Å². The van der Waals surface area contributed by atoms with E-state index in [9.17, 15) is 9.59 Å². The first-order chi connectivity index (χ1) is 15.0. The highest BCUT2D eigenvalue weighted by Crippen LogP contribution is 2.42. The molecule has 3 heterocycles. The zero-order valence-electron chi connectivity index (χ0n) is 17.1. The third-order valence-electron chi connectivity index (χ3n) is 5.66. The maximum atomic E-state index is 12.7. The smallest absolute Gasteiger partial charge is 0.251 e. The third-order valence-corrected chi connectivity index (χ3v) is 8.64. The standard InChI is InChI=1S/C21H23N5O2S3/c1-11-4-7-13-15(9-11)31-20(17(13)18(22)28)23-16(27)10-30-21-25-24-19(14-3-2-8-29-14)26(21)12-5-6-12/h2-3,8,11-12H,4-7,9-10H2,1H3,(H2,22,28)(H,23,27)/t11-/m0/s1. The number of thiophene rings is 2. The van der Waals surface area contributed by atoms with Crippen molar-refractivity contribution in [2.45, 2.75) is 50.2 Å². The molecule has 2 amide bonds. The van der Waals surface area contributed by atoms with Crippen molar-refractivity contribution in [3.63, 3.8) is 0 Å². The largest absolute Gasteiger partial charge is 0.365 e.